The van der Waals surface area contributed by atoms with E-state index in [0.29, 0.717) is 17.8 Å². The molecular weight excluding hydrogens is 277 g/mol. The zero-order chi connectivity index (χ0) is 16.3. The summed E-state index contributed by atoms with van der Waals surface area (Å²) in [7, 11) is 3.95. The van der Waals surface area contributed by atoms with Gasteiger partial charge in [-0.1, -0.05) is 20.8 Å². The number of rotatable bonds is 5. The topological polar surface area (TPSA) is 15.3 Å². The minimum atomic E-state index is -4.32. The lowest BCUT2D eigenvalue weighted by Crippen LogP contribution is -2.18. The molecule has 1 rings (SSSR count). The zero-order valence-corrected chi connectivity index (χ0v) is 13.4. The molecule has 21 heavy (non-hydrogen) atoms. The number of benzene rings is 1. The molecule has 0 amide bonds. The fourth-order valence-corrected chi connectivity index (χ4v) is 1.95. The average Bonchev–Trinajstić information content (AvgIpc) is 2.32. The molecule has 0 spiro atoms. The molecule has 1 aromatic carbocycles. The van der Waals surface area contributed by atoms with Crippen LogP contribution >= 0.6 is 0 Å². The van der Waals surface area contributed by atoms with Crippen molar-refractivity contribution in [3.05, 3.63) is 29.3 Å². The number of anilines is 1. The summed E-state index contributed by atoms with van der Waals surface area (Å²) in [5, 5.41) is 3.10. The van der Waals surface area contributed by atoms with Gasteiger partial charge in [0.25, 0.3) is 0 Å². The van der Waals surface area contributed by atoms with E-state index >= 15 is 0 Å². The second kappa shape index (κ2) is 6.69. The molecule has 1 N–H and O–H groups in total. The lowest BCUT2D eigenvalue weighted by atomic mass is 9.85. The first-order valence-electron chi connectivity index (χ1n) is 7.11. The summed E-state index contributed by atoms with van der Waals surface area (Å²) in [5.41, 5.74) is 0.312. The van der Waals surface area contributed by atoms with Crippen molar-refractivity contribution in [2.45, 2.75) is 38.8 Å². The van der Waals surface area contributed by atoms with E-state index in [1.54, 1.807) is 0 Å². The Bertz CT molecular complexity index is 427. The number of nitrogens with zero attached hydrogens (tertiary/aromatic N) is 1. The van der Waals surface area contributed by atoms with E-state index < -0.39 is 11.7 Å². The van der Waals surface area contributed by atoms with Crippen molar-refractivity contribution in [2.24, 2.45) is 0 Å². The first-order valence-corrected chi connectivity index (χ1v) is 7.11. The first kappa shape index (κ1) is 17.8. The maximum atomic E-state index is 13.0. The van der Waals surface area contributed by atoms with Gasteiger partial charge in [-0.25, -0.2) is 0 Å². The van der Waals surface area contributed by atoms with E-state index in [1.807, 2.05) is 40.9 Å². The van der Waals surface area contributed by atoms with Crippen LogP contribution in [-0.2, 0) is 11.6 Å². The van der Waals surface area contributed by atoms with Gasteiger partial charge in [-0.15, -0.1) is 0 Å². The lowest BCUT2D eigenvalue weighted by Gasteiger charge is -2.22. The van der Waals surface area contributed by atoms with Crippen molar-refractivity contribution in [3.63, 3.8) is 0 Å². The maximum absolute atomic E-state index is 13.0. The summed E-state index contributed by atoms with van der Waals surface area (Å²) in [6, 6.07) is 4.24. The minimum absolute atomic E-state index is 0.318. The van der Waals surface area contributed by atoms with Crippen LogP contribution in [0, 0.1) is 0 Å². The van der Waals surface area contributed by atoms with Crippen LogP contribution in [0.3, 0.4) is 0 Å². The van der Waals surface area contributed by atoms with Crippen molar-refractivity contribution in [1.82, 2.24) is 4.90 Å². The van der Waals surface area contributed by atoms with Gasteiger partial charge in [-0.3, -0.25) is 0 Å². The molecule has 0 atom stereocenters. The summed E-state index contributed by atoms with van der Waals surface area (Å²) < 4.78 is 39.0. The third kappa shape index (κ3) is 5.96. The van der Waals surface area contributed by atoms with E-state index in [0.717, 1.165) is 13.0 Å². The molecule has 0 bridgehead atoms. The van der Waals surface area contributed by atoms with Gasteiger partial charge in [0.1, 0.15) is 0 Å². The molecule has 0 saturated carbocycles. The Balaban J connectivity index is 2.93. The number of halogens is 3. The van der Waals surface area contributed by atoms with Crippen molar-refractivity contribution < 1.29 is 13.2 Å². The van der Waals surface area contributed by atoms with Crippen LogP contribution in [0.15, 0.2) is 18.2 Å². The highest BCUT2D eigenvalue weighted by molar-refractivity contribution is 5.51. The van der Waals surface area contributed by atoms with Crippen LogP contribution in [0.25, 0.3) is 0 Å². The molecule has 120 valence electrons. The Morgan fingerprint density at radius 2 is 1.57 bits per heavy atom. The zero-order valence-electron chi connectivity index (χ0n) is 13.4. The predicted octanol–water partition coefficient (Wildman–Crippen LogP) is 4.37. The first-order chi connectivity index (χ1) is 9.50. The standard InChI is InChI=1S/C16H25F3N2/c1-15(2,3)12-9-13(16(17,18)19)11-14(10-12)20-7-6-8-21(4)5/h9-11,20H,6-8H2,1-5H3. The monoisotopic (exact) mass is 302 g/mol. The van der Waals surface area contributed by atoms with Gasteiger partial charge in [0, 0.05) is 12.2 Å². The normalized spacial score (nSPS) is 12.8. The molecule has 0 saturated heterocycles. The van der Waals surface area contributed by atoms with Gasteiger partial charge in [0.2, 0.25) is 0 Å². The van der Waals surface area contributed by atoms with Crippen molar-refractivity contribution in [2.75, 3.05) is 32.5 Å². The Morgan fingerprint density at radius 1 is 1.00 bits per heavy atom. The molecule has 0 aliphatic carbocycles. The van der Waals surface area contributed by atoms with Gasteiger partial charge in [0.05, 0.1) is 5.56 Å². The molecule has 0 fully saturated rings. The maximum Gasteiger partial charge on any atom is 0.416 e. The van der Waals surface area contributed by atoms with Crippen LogP contribution in [-0.4, -0.2) is 32.1 Å². The number of hydrogen-bond donors (Lipinski definition) is 1. The van der Waals surface area contributed by atoms with Crippen molar-refractivity contribution in [1.29, 1.82) is 0 Å². The molecular formula is C16H25F3N2. The van der Waals surface area contributed by atoms with E-state index in [4.69, 9.17) is 0 Å². The number of hydrogen-bond acceptors (Lipinski definition) is 2. The third-order valence-corrected chi connectivity index (χ3v) is 3.24. The van der Waals surface area contributed by atoms with E-state index in [-0.39, 0.29) is 5.41 Å². The fraction of sp³-hybridized carbons (Fsp3) is 0.625. The Kier molecular flexibility index (Phi) is 5.68. The van der Waals surface area contributed by atoms with Gasteiger partial charge in [-0.2, -0.15) is 13.2 Å². The van der Waals surface area contributed by atoms with Crippen molar-refractivity contribution >= 4 is 5.69 Å². The van der Waals surface area contributed by atoms with Crippen LogP contribution < -0.4 is 5.32 Å². The van der Waals surface area contributed by atoms with Crippen LogP contribution in [0.4, 0.5) is 18.9 Å². The quantitative estimate of drug-likeness (QED) is 0.813. The number of alkyl halides is 3. The Hall–Kier alpha value is -1.23. The molecule has 0 radical (unpaired) electrons. The minimum Gasteiger partial charge on any atom is -0.385 e. The summed E-state index contributed by atoms with van der Waals surface area (Å²) in [5.74, 6) is 0. The average molecular weight is 302 g/mol. The molecule has 0 aliphatic rings. The molecule has 0 heterocycles. The molecule has 0 aliphatic heterocycles. The summed E-state index contributed by atoms with van der Waals surface area (Å²) >= 11 is 0. The molecule has 1 aromatic rings. The Morgan fingerprint density at radius 3 is 2.05 bits per heavy atom. The Labute approximate surface area is 125 Å². The van der Waals surface area contributed by atoms with Gasteiger partial charge in [0.15, 0.2) is 0 Å². The van der Waals surface area contributed by atoms with Crippen molar-refractivity contribution in [3.8, 4) is 0 Å². The van der Waals surface area contributed by atoms with Gasteiger partial charge < -0.3 is 10.2 Å². The SMILES string of the molecule is CN(C)CCCNc1cc(C(C)(C)C)cc(C(F)(F)F)c1. The van der Waals surface area contributed by atoms with E-state index in [9.17, 15) is 13.2 Å². The summed E-state index contributed by atoms with van der Waals surface area (Å²) in [6.07, 6.45) is -3.44. The second-order valence-corrected chi connectivity index (χ2v) is 6.63. The number of nitrogens with one attached hydrogen (secondary N) is 1. The lowest BCUT2D eigenvalue weighted by molar-refractivity contribution is -0.137. The highest BCUT2D eigenvalue weighted by atomic mass is 19.4. The predicted molar refractivity (Wildman–Crippen MR) is 81.8 cm³/mol. The van der Waals surface area contributed by atoms with Crippen LogP contribution in [0.1, 0.15) is 38.3 Å². The van der Waals surface area contributed by atoms with E-state index in [2.05, 4.69) is 10.2 Å². The van der Waals surface area contributed by atoms with Gasteiger partial charge >= 0.3 is 6.18 Å². The van der Waals surface area contributed by atoms with Crippen LogP contribution in [0.2, 0.25) is 0 Å². The summed E-state index contributed by atoms with van der Waals surface area (Å²) in [4.78, 5) is 2.05. The molecule has 5 heteroatoms. The van der Waals surface area contributed by atoms with Gasteiger partial charge in [-0.05, 0) is 56.2 Å². The molecule has 0 unspecified atom stereocenters. The molecule has 0 aromatic heterocycles. The highest BCUT2D eigenvalue weighted by Gasteiger charge is 2.32. The summed E-state index contributed by atoms with van der Waals surface area (Å²) in [6.45, 7) is 7.30. The third-order valence-electron chi connectivity index (χ3n) is 3.24. The largest absolute Gasteiger partial charge is 0.416 e. The second-order valence-electron chi connectivity index (χ2n) is 6.63. The van der Waals surface area contributed by atoms with E-state index in [1.165, 1.54) is 12.1 Å². The fourth-order valence-electron chi connectivity index (χ4n) is 1.95. The molecule has 2 nitrogen and oxygen atoms in total. The smallest absolute Gasteiger partial charge is 0.385 e. The highest BCUT2D eigenvalue weighted by Crippen LogP contribution is 2.35. The van der Waals surface area contributed by atoms with Crippen LogP contribution in [0.5, 0.6) is 0 Å².